The highest BCUT2D eigenvalue weighted by Gasteiger charge is 2.17. The van der Waals surface area contributed by atoms with Crippen molar-refractivity contribution in [3.05, 3.63) is 89.1 Å². The zero-order valence-corrected chi connectivity index (χ0v) is 15.0. The van der Waals surface area contributed by atoms with Gasteiger partial charge in [0.15, 0.2) is 0 Å². The third kappa shape index (κ3) is 4.26. The fourth-order valence-electron chi connectivity index (χ4n) is 3.49. The number of hydrogen-bond acceptors (Lipinski definition) is 3. The summed E-state index contributed by atoms with van der Waals surface area (Å²) in [5.74, 6) is -0.570. The first-order valence-corrected chi connectivity index (χ1v) is 9.06. The summed E-state index contributed by atoms with van der Waals surface area (Å²) in [4.78, 5) is 14.6. The van der Waals surface area contributed by atoms with Crippen LogP contribution in [-0.4, -0.2) is 17.4 Å². The van der Waals surface area contributed by atoms with E-state index >= 15 is 0 Å². The smallest absolute Gasteiger partial charge is 0.228 e. The predicted molar refractivity (Wildman–Crippen MR) is 102 cm³/mol. The van der Waals surface area contributed by atoms with Crippen LogP contribution in [0.15, 0.2) is 65.5 Å². The average molecular weight is 364 g/mol. The molecule has 5 heteroatoms. The van der Waals surface area contributed by atoms with Crippen molar-refractivity contribution >= 4 is 11.6 Å². The second kappa shape index (κ2) is 7.76. The van der Waals surface area contributed by atoms with Gasteiger partial charge in [0.2, 0.25) is 5.91 Å². The summed E-state index contributed by atoms with van der Waals surface area (Å²) >= 11 is 0. The molecule has 0 unspecified atom stereocenters. The summed E-state index contributed by atoms with van der Waals surface area (Å²) in [6.45, 7) is 2.68. The Balaban J connectivity index is 1.42. The van der Waals surface area contributed by atoms with Crippen LogP contribution in [0.25, 0.3) is 0 Å². The van der Waals surface area contributed by atoms with Crippen LogP contribution in [0.2, 0.25) is 0 Å². The molecule has 0 spiro atoms. The summed E-state index contributed by atoms with van der Waals surface area (Å²) in [5.41, 5.74) is 4.84. The Morgan fingerprint density at radius 3 is 2.85 bits per heavy atom. The lowest BCUT2D eigenvalue weighted by molar-refractivity contribution is -0.115. The number of halogens is 1. The van der Waals surface area contributed by atoms with Gasteiger partial charge >= 0.3 is 0 Å². The number of rotatable bonds is 5. The number of fused-ring (bicyclic) bond motifs is 1. The molecule has 0 aliphatic carbocycles. The lowest BCUT2D eigenvalue weighted by atomic mass is 9.98. The van der Waals surface area contributed by atoms with Crippen molar-refractivity contribution in [3.63, 3.8) is 0 Å². The van der Waals surface area contributed by atoms with Crippen LogP contribution in [0.3, 0.4) is 0 Å². The summed E-state index contributed by atoms with van der Waals surface area (Å²) in [7, 11) is 0. The van der Waals surface area contributed by atoms with Gasteiger partial charge in [-0.25, -0.2) is 4.39 Å². The quantitative estimate of drug-likeness (QED) is 0.739. The van der Waals surface area contributed by atoms with Gasteiger partial charge in [0.05, 0.1) is 18.9 Å². The standard InChI is InChI=1S/C22H21FN2O2/c23-21-4-2-1-3-18(21)12-22(26)24-20-6-5-17-7-9-25(14-19(17)11-20)13-16-8-10-27-15-16/h1-6,8,10-11,15H,7,9,12-14H2,(H,24,26). The molecule has 138 valence electrons. The molecular formula is C22H21FN2O2. The van der Waals surface area contributed by atoms with Crippen molar-refractivity contribution in [1.82, 2.24) is 4.90 Å². The maximum absolute atomic E-state index is 13.7. The van der Waals surface area contributed by atoms with Gasteiger partial charge in [-0.3, -0.25) is 9.69 Å². The van der Waals surface area contributed by atoms with Crippen molar-refractivity contribution in [1.29, 1.82) is 0 Å². The number of furan rings is 1. The van der Waals surface area contributed by atoms with E-state index in [-0.39, 0.29) is 18.1 Å². The van der Waals surface area contributed by atoms with Crippen LogP contribution in [0, 0.1) is 5.82 Å². The number of nitrogens with zero attached hydrogens (tertiary/aromatic N) is 1. The molecule has 0 saturated carbocycles. The Morgan fingerprint density at radius 1 is 1.15 bits per heavy atom. The Bertz CT molecular complexity index is 937. The summed E-state index contributed by atoms with van der Waals surface area (Å²) < 4.78 is 18.9. The van der Waals surface area contributed by atoms with Gasteiger partial charge < -0.3 is 9.73 Å². The molecule has 4 rings (SSSR count). The van der Waals surface area contributed by atoms with Crippen LogP contribution >= 0.6 is 0 Å². The molecule has 1 aromatic heterocycles. The molecule has 0 saturated heterocycles. The highest BCUT2D eigenvalue weighted by atomic mass is 19.1. The van der Waals surface area contributed by atoms with Gasteiger partial charge in [0.1, 0.15) is 5.82 Å². The molecule has 0 bridgehead atoms. The first-order valence-electron chi connectivity index (χ1n) is 9.06. The van der Waals surface area contributed by atoms with Gasteiger partial charge in [0, 0.05) is 30.9 Å². The number of benzene rings is 2. The van der Waals surface area contributed by atoms with Crippen LogP contribution in [0.5, 0.6) is 0 Å². The predicted octanol–water partition coefficient (Wildman–Crippen LogP) is 4.16. The van der Waals surface area contributed by atoms with Gasteiger partial charge in [-0.15, -0.1) is 0 Å². The molecule has 0 radical (unpaired) electrons. The van der Waals surface area contributed by atoms with Crippen LogP contribution in [0.1, 0.15) is 22.3 Å². The van der Waals surface area contributed by atoms with E-state index in [1.807, 2.05) is 18.2 Å². The molecule has 1 amide bonds. The fourth-order valence-corrected chi connectivity index (χ4v) is 3.49. The molecule has 3 aromatic rings. The van der Waals surface area contributed by atoms with Crippen LogP contribution in [-0.2, 0) is 30.7 Å². The molecule has 1 aliphatic rings. The Kier molecular flexibility index (Phi) is 5.03. The largest absolute Gasteiger partial charge is 0.472 e. The van der Waals surface area contributed by atoms with E-state index in [2.05, 4.69) is 16.3 Å². The second-order valence-electron chi connectivity index (χ2n) is 6.89. The number of carbonyl (C=O) groups is 1. The van der Waals surface area contributed by atoms with E-state index < -0.39 is 0 Å². The third-order valence-electron chi connectivity index (χ3n) is 4.88. The number of carbonyl (C=O) groups excluding carboxylic acids is 1. The minimum atomic E-state index is -0.354. The topological polar surface area (TPSA) is 45.5 Å². The normalized spacial score (nSPS) is 14.0. The van der Waals surface area contributed by atoms with Crippen molar-refractivity contribution < 1.29 is 13.6 Å². The fraction of sp³-hybridized carbons (Fsp3) is 0.227. The first kappa shape index (κ1) is 17.5. The maximum Gasteiger partial charge on any atom is 0.228 e. The zero-order valence-electron chi connectivity index (χ0n) is 15.0. The van der Waals surface area contributed by atoms with E-state index in [0.717, 1.165) is 37.3 Å². The zero-order chi connectivity index (χ0) is 18.6. The SMILES string of the molecule is O=C(Cc1ccccc1F)Nc1ccc2c(c1)CN(Cc1ccoc1)CC2. The monoisotopic (exact) mass is 364 g/mol. The lowest BCUT2D eigenvalue weighted by Gasteiger charge is -2.28. The summed E-state index contributed by atoms with van der Waals surface area (Å²) in [5, 5.41) is 2.89. The van der Waals surface area contributed by atoms with Gasteiger partial charge in [-0.1, -0.05) is 24.3 Å². The van der Waals surface area contributed by atoms with E-state index in [4.69, 9.17) is 4.42 Å². The van der Waals surface area contributed by atoms with E-state index in [0.29, 0.717) is 5.56 Å². The number of hydrogen-bond donors (Lipinski definition) is 1. The molecular weight excluding hydrogens is 343 g/mol. The molecule has 0 fully saturated rings. The first-order chi connectivity index (χ1) is 13.2. The highest BCUT2D eigenvalue weighted by molar-refractivity contribution is 5.92. The molecule has 4 nitrogen and oxygen atoms in total. The van der Waals surface area contributed by atoms with Gasteiger partial charge in [-0.05, 0) is 47.4 Å². The molecule has 1 N–H and O–H groups in total. The Hall–Kier alpha value is -2.92. The van der Waals surface area contributed by atoms with Crippen LogP contribution in [0.4, 0.5) is 10.1 Å². The lowest BCUT2D eigenvalue weighted by Crippen LogP contribution is -2.30. The maximum atomic E-state index is 13.7. The van der Waals surface area contributed by atoms with E-state index in [1.54, 1.807) is 30.7 Å². The van der Waals surface area contributed by atoms with Crippen LogP contribution < -0.4 is 5.32 Å². The molecule has 2 heterocycles. The van der Waals surface area contributed by atoms with E-state index in [9.17, 15) is 9.18 Å². The summed E-state index contributed by atoms with van der Waals surface area (Å²) in [6, 6.07) is 14.4. The molecule has 1 aliphatic heterocycles. The van der Waals surface area contributed by atoms with Crippen molar-refractivity contribution in [2.24, 2.45) is 0 Å². The molecule has 2 aromatic carbocycles. The van der Waals surface area contributed by atoms with E-state index in [1.165, 1.54) is 17.2 Å². The number of nitrogens with one attached hydrogen (secondary N) is 1. The minimum absolute atomic E-state index is 0.0242. The van der Waals surface area contributed by atoms with Gasteiger partial charge in [0.25, 0.3) is 0 Å². The third-order valence-corrected chi connectivity index (χ3v) is 4.88. The Labute approximate surface area is 157 Å². The highest BCUT2D eigenvalue weighted by Crippen LogP contribution is 2.24. The molecule has 27 heavy (non-hydrogen) atoms. The summed E-state index contributed by atoms with van der Waals surface area (Å²) in [6.07, 6.45) is 4.47. The molecule has 0 atom stereocenters. The minimum Gasteiger partial charge on any atom is -0.472 e. The van der Waals surface area contributed by atoms with Gasteiger partial charge in [-0.2, -0.15) is 0 Å². The number of anilines is 1. The second-order valence-corrected chi connectivity index (χ2v) is 6.89. The van der Waals surface area contributed by atoms with Crippen molar-refractivity contribution in [3.8, 4) is 0 Å². The van der Waals surface area contributed by atoms with Crippen molar-refractivity contribution in [2.45, 2.75) is 25.9 Å². The van der Waals surface area contributed by atoms with Crippen molar-refractivity contribution in [2.75, 3.05) is 11.9 Å². The average Bonchev–Trinajstić information content (AvgIpc) is 3.16. The Morgan fingerprint density at radius 2 is 2.04 bits per heavy atom. The number of amides is 1.